The van der Waals surface area contributed by atoms with Crippen molar-refractivity contribution < 1.29 is 18.3 Å². The molecular formula is C10H15N3O4S. The number of benzene rings is 1. The third kappa shape index (κ3) is 3.90. The lowest BCUT2D eigenvalue weighted by atomic mass is 10.3. The second-order valence-electron chi connectivity index (χ2n) is 3.66. The summed E-state index contributed by atoms with van der Waals surface area (Å²) in [6.45, 7) is -0.114. The molecule has 4 N–H and O–H groups in total. The molecular weight excluding hydrogens is 258 g/mol. The number of nitrogen functional groups attached to an aromatic ring is 1. The third-order valence-electron chi connectivity index (χ3n) is 2.25. The molecule has 0 aliphatic heterocycles. The fourth-order valence-corrected chi connectivity index (χ4v) is 2.13. The van der Waals surface area contributed by atoms with Crippen LogP contribution in [0.5, 0.6) is 0 Å². The lowest BCUT2D eigenvalue weighted by Crippen LogP contribution is -2.34. The molecule has 0 amide bonds. The molecule has 0 bridgehead atoms. The predicted octanol–water partition coefficient (Wildman–Crippen LogP) is 0.332. The van der Waals surface area contributed by atoms with E-state index in [1.165, 1.54) is 13.1 Å². The van der Waals surface area contributed by atoms with E-state index in [4.69, 9.17) is 10.8 Å². The molecule has 0 spiro atoms. The number of rotatable bonds is 6. The van der Waals surface area contributed by atoms with E-state index in [2.05, 4.69) is 4.72 Å². The van der Waals surface area contributed by atoms with E-state index in [0.29, 0.717) is 5.69 Å². The van der Waals surface area contributed by atoms with Crippen LogP contribution in [-0.2, 0) is 15.0 Å². The van der Waals surface area contributed by atoms with Crippen LogP contribution in [0.15, 0.2) is 24.3 Å². The Labute approximate surface area is 105 Å². The van der Waals surface area contributed by atoms with Crippen LogP contribution in [-0.4, -0.2) is 37.4 Å². The summed E-state index contributed by atoms with van der Waals surface area (Å²) in [6, 6.07) is 6.42. The molecule has 100 valence electrons. The lowest BCUT2D eigenvalue weighted by Gasteiger charge is -2.18. The minimum Gasteiger partial charge on any atom is -0.481 e. The van der Waals surface area contributed by atoms with Gasteiger partial charge in [0, 0.05) is 13.6 Å². The summed E-state index contributed by atoms with van der Waals surface area (Å²) in [4.78, 5) is 10.4. The zero-order chi connectivity index (χ0) is 13.8. The fraction of sp³-hybridized carbons (Fsp3) is 0.300. The van der Waals surface area contributed by atoms with Crippen LogP contribution < -0.4 is 10.5 Å². The summed E-state index contributed by atoms with van der Waals surface area (Å²) < 4.78 is 26.9. The van der Waals surface area contributed by atoms with Crippen molar-refractivity contribution in [1.82, 2.24) is 4.31 Å². The number of hydrogen-bond acceptors (Lipinski definition) is 4. The first kappa shape index (κ1) is 14.3. The number of nitrogens with one attached hydrogen (secondary N) is 1. The number of nitrogens with two attached hydrogens (primary N) is 1. The van der Waals surface area contributed by atoms with Crippen LogP contribution in [0.3, 0.4) is 0 Å². The Hall–Kier alpha value is -1.80. The Morgan fingerprint density at radius 3 is 2.61 bits per heavy atom. The van der Waals surface area contributed by atoms with Gasteiger partial charge in [-0.3, -0.25) is 9.52 Å². The van der Waals surface area contributed by atoms with E-state index in [1.807, 2.05) is 0 Å². The van der Waals surface area contributed by atoms with Gasteiger partial charge in [0.2, 0.25) is 0 Å². The summed E-state index contributed by atoms with van der Waals surface area (Å²) in [5.74, 6) is -1.06. The highest BCUT2D eigenvalue weighted by atomic mass is 32.2. The van der Waals surface area contributed by atoms with Gasteiger partial charge < -0.3 is 10.8 Å². The maximum Gasteiger partial charge on any atom is 0.304 e. The van der Waals surface area contributed by atoms with E-state index >= 15 is 0 Å². The van der Waals surface area contributed by atoms with Crippen LogP contribution >= 0.6 is 0 Å². The van der Waals surface area contributed by atoms with Crippen molar-refractivity contribution in [3.63, 3.8) is 0 Å². The molecule has 1 aromatic carbocycles. The molecule has 18 heavy (non-hydrogen) atoms. The summed E-state index contributed by atoms with van der Waals surface area (Å²) in [5, 5.41) is 8.50. The molecule has 0 aliphatic carbocycles. The molecule has 0 heterocycles. The summed E-state index contributed by atoms with van der Waals surface area (Å²) >= 11 is 0. The Balaban J connectivity index is 2.76. The van der Waals surface area contributed by atoms with Crippen molar-refractivity contribution in [3.05, 3.63) is 24.3 Å². The van der Waals surface area contributed by atoms with Gasteiger partial charge in [-0.1, -0.05) is 12.1 Å². The second kappa shape index (κ2) is 5.69. The summed E-state index contributed by atoms with van der Waals surface area (Å²) in [5.41, 5.74) is 6.17. The molecule has 1 aromatic rings. The quantitative estimate of drug-likeness (QED) is 0.646. The van der Waals surface area contributed by atoms with E-state index in [0.717, 1.165) is 4.31 Å². The van der Waals surface area contributed by atoms with Gasteiger partial charge in [0.15, 0.2) is 0 Å². The maximum absolute atomic E-state index is 11.8. The van der Waals surface area contributed by atoms with Gasteiger partial charge in [0.05, 0.1) is 17.8 Å². The lowest BCUT2D eigenvalue weighted by molar-refractivity contribution is -0.137. The normalized spacial score (nSPS) is 11.4. The van der Waals surface area contributed by atoms with Gasteiger partial charge in [-0.2, -0.15) is 12.7 Å². The predicted molar refractivity (Wildman–Crippen MR) is 68.3 cm³/mol. The van der Waals surface area contributed by atoms with Gasteiger partial charge in [0.25, 0.3) is 0 Å². The SMILES string of the molecule is CN(CCC(=O)O)S(=O)(=O)Nc1ccccc1N. The van der Waals surface area contributed by atoms with E-state index in [9.17, 15) is 13.2 Å². The number of aliphatic carboxylic acids is 1. The number of anilines is 2. The van der Waals surface area contributed by atoms with Gasteiger partial charge >= 0.3 is 16.2 Å². The number of carboxylic acid groups (broad SMARTS) is 1. The molecule has 0 saturated heterocycles. The Morgan fingerprint density at radius 2 is 2.06 bits per heavy atom. The average Bonchev–Trinajstić information content (AvgIpc) is 2.28. The minimum absolute atomic E-state index is 0.114. The highest BCUT2D eigenvalue weighted by molar-refractivity contribution is 7.90. The largest absolute Gasteiger partial charge is 0.481 e. The highest BCUT2D eigenvalue weighted by Crippen LogP contribution is 2.18. The number of para-hydroxylation sites is 2. The first-order chi connectivity index (χ1) is 8.33. The monoisotopic (exact) mass is 273 g/mol. The molecule has 0 saturated carbocycles. The summed E-state index contributed by atoms with van der Waals surface area (Å²) in [7, 11) is -2.50. The van der Waals surface area contributed by atoms with Crippen LogP contribution in [0.1, 0.15) is 6.42 Å². The fourth-order valence-electron chi connectivity index (χ4n) is 1.18. The van der Waals surface area contributed by atoms with Crippen LogP contribution in [0.4, 0.5) is 11.4 Å². The van der Waals surface area contributed by atoms with Crippen LogP contribution in [0.25, 0.3) is 0 Å². The number of nitrogens with zero attached hydrogens (tertiary/aromatic N) is 1. The standard InChI is InChI=1S/C10H15N3O4S/c1-13(7-6-10(14)15)18(16,17)12-9-5-3-2-4-8(9)11/h2-5,12H,6-7,11H2,1H3,(H,14,15). The van der Waals surface area contributed by atoms with Crippen LogP contribution in [0, 0.1) is 0 Å². The van der Waals surface area contributed by atoms with Crippen molar-refractivity contribution in [3.8, 4) is 0 Å². The van der Waals surface area contributed by atoms with E-state index in [-0.39, 0.29) is 18.7 Å². The molecule has 1 rings (SSSR count). The molecule has 0 fully saturated rings. The zero-order valence-electron chi connectivity index (χ0n) is 9.83. The van der Waals surface area contributed by atoms with Gasteiger partial charge in [-0.15, -0.1) is 0 Å². The molecule has 8 heteroatoms. The van der Waals surface area contributed by atoms with Gasteiger partial charge in [-0.05, 0) is 12.1 Å². The van der Waals surface area contributed by atoms with E-state index in [1.54, 1.807) is 18.2 Å². The Bertz CT molecular complexity index is 530. The number of carbonyl (C=O) groups is 1. The molecule has 0 aliphatic rings. The number of hydrogen-bond donors (Lipinski definition) is 3. The topological polar surface area (TPSA) is 113 Å². The molecule has 0 radical (unpaired) electrons. The van der Waals surface area contributed by atoms with Gasteiger partial charge in [0.1, 0.15) is 0 Å². The van der Waals surface area contributed by atoms with Crippen molar-refractivity contribution in [1.29, 1.82) is 0 Å². The smallest absolute Gasteiger partial charge is 0.304 e. The third-order valence-corrected chi connectivity index (χ3v) is 3.73. The minimum atomic E-state index is -3.79. The first-order valence-corrected chi connectivity index (χ1v) is 6.57. The van der Waals surface area contributed by atoms with Gasteiger partial charge in [-0.25, -0.2) is 0 Å². The highest BCUT2D eigenvalue weighted by Gasteiger charge is 2.18. The Morgan fingerprint density at radius 1 is 1.44 bits per heavy atom. The molecule has 7 nitrogen and oxygen atoms in total. The second-order valence-corrected chi connectivity index (χ2v) is 5.44. The van der Waals surface area contributed by atoms with Crippen molar-refractivity contribution in [2.45, 2.75) is 6.42 Å². The zero-order valence-corrected chi connectivity index (χ0v) is 10.6. The number of carboxylic acids is 1. The first-order valence-electron chi connectivity index (χ1n) is 5.13. The van der Waals surface area contributed by atoms with Crippen molar-refractivity contribution >= 4 is 27.6 Å². The Kier molecular flexibility index (Phi) is 4.51. The van der Waals surface area contributed by atoms with Crippen molar-refractivity contribution in [2.75, 3.05) is 24.0 Å². The summed E-state index contributed by atoms with van der Waals surface area (Å²) in [6.07, 6.45) is -0.262. The molecule has 0 atom stereocenters. The maximum atomic E-state index is 11.8. The van der Waals surface area contributed by atoms with Crippen LogP contribution in [0.2, 0.25) is 0 Å². The molecule has 0 unspecified atom stereocenters. The molecule has 0 aromatic heterocycles. The average molecular weight is 273 g/mol. The van der Waals surface area contributed by atoms with Crippen molar-refractivity contribution in [2.24, 2.45) is 0 Å². The van der Waals surface area contributed by atoms with E-state index < -0.39 is 16.2 Å².